The molecule has 0 radical (unpaired) electrons. The molecule has 9 heteroatoms. The molecule has 1 aromatic rings. The first-order valence-corrected chi connectivity index (χ1v) is 5.82. The van der Waals surface area contributed by atoms with Crippen LogP contribution in [-0.4, -0.2) is 40.8 Å². The van der Waals surface area contributed by atoms with Crippen LogP contribution in [0, 0.1) is 0 Å². The Morgan fingerprint density at radius 2 is 1.44 bits per heavy atom. The molecule has 0 atom stereocenters. The Hall–Kier alpha value is -1.84. The van der Waals surface area contributed by atoms with E-state index in [-0.39, 0.29) is 0 Å². The lowest BCUT2D eigenvalue weighted by Gasteiger charge is -1.96. The van der Waals surface area contributed by atoms with E-state index in [1.807, 2.05) is 19.2 Å². The molecule has 0 aliphatic rings. The maximum atomic E-state index is 9.00. The largest absolute Gasteiger partial charge is 0.508 e. The Bertz CT molecular complexity index is 428. The average Bonchev–Trinajstić information content (AvgIpc) is 2.15. The lowest BCUT2D eigenvalue weighted by molar-refractivity contribution is -0.134. The molecule has 0 spiro atoms. The molecule has 0 bridgehead atoms. The van der Waals surface area contributed by atoms with Crippen LogP contribution in [-0.2, 0) is 15.2 Å². The predicted octanol–water partition coefficient (Wildman–Crippen LogP) is 0.872. The van der Waals surface area contributed by atoms with Gasteiger partial charge in [0.1, 0.15) is 5.75 Å². The third kappa shape index (κ3) is 23.8. The first kappa shape index (κ1) is 18.5. The molecule has 8 nitrogen and oxygen atoms in total. The fourth-order valence-corrected chi connectivity index (χ4v) is 0.628. The summed E-state index contributed by atoms with van der Waals surface area (Å²) in [5, 5.41) is 19.2. The average molecular weight is 281 g/mol. The third-order valence-corrected chi connectivity index (χ3v) is 1.16. The van der Waals surface area contributed by atoms with Crippen LogP contribution in [0.1, 0.15) is 6.92 Å². The van der Waals surface area contributed by atoms with E-state index in [0.29, 0.717) is 5.75 Å². The zero-order valence-electron chi connectivity index (χ0n) is 9.73. The van der Waals surface area contributed by atoms with Gasteiger partial charge in [-0.25, -0.2) is 0 Å². The quantitative estimate of drug-likeness (QED) is 0.376. The minimum Gasteiger partial charge on any atom is -0.508 e. The summed E-state index contributed by atoms with van der Waals surface area (Å²) in [6.07, 6.45) is 0. The number of rotatable bonds is 1. The molecular formula is C9H15NO7S. The van der Waals surface area contributed by atoms with E-state index in [1.165, 1.54) is 0 Å². The van der Waals surface area contributed by atoms with Crippen molar-refractivity contribution in [2.45, 2.75) is 6.92 Å². The molecule has 0 saturated heterocycles. The molecule has 1 aromatic carbocycles. The maximum Gasteiger partial charge on any atom is 0.394 e. The van der Waals surface area contributed by atoms with Crippen molar-refractivity contribution in [1.29, 1.82) is 0 Å². The number of carboxylic acid groups (broad SMARTS) is 1. The number of hydrogen-bond donors (Lipinski definition) is 5. The predicted molar refractivity (Wildman–Crippen MR) is 65.1 cm³/mol. The van der Waals surface area contributed by atoms with Crippen molar-refractivity contribution in [3.05, 3.63) is 24.3 Å². The highest BCUT2D eigenvalue weighted by molar-refractivity contribution is 7.79. The van der Waals surface area contributed by atoms with E-state index in [0.717, 1.165) is 12.6 Å². The standard InChI is InChI=1S/C7H9NO.C2H4O2.H2O4S/c1-8-6-2-4-7(9)5-3-6;1-2(3)4;1-5(2,3)4/h2-5,8-9H,1H3;1H3,(H,3,4);(H2,1,2,3,4). The summed E-state index contributed by atoms with van der Waals surface area (Å²) in [6.45, 7) is 1.08. The van der Waals surface area contributed by atoms with Crippen molar-refractivity contribution in [2.75, 3.05) is 12.4 Å². The highest BCUT2D eigenvalue weighted by Gasteiger charge is 1.85. The molecule has 5 N–H and O–H groups in total. The maximum absolute atomic E-state index is 9.00. The summed E-state index contributed by atoms with van der Waals surface area (Å²) in [4.78, 5) is 9.00. The van der Waals surface area contributed by atoms with Gasteiger partial charge in [0.2, 0.25) is 0 Å². The second kappa shape index (κ2) is 9.22. The van der Waals surface area contributed by atoms with Crippen molar-refractivity contribution >= 4 is 22.1 Å². The molecule has 0 aliphatic carbocycles. The third-order valence-electron chi connectivity index (χ3n) is 1.16. The first-order valence-electron chi connectivity index (χ1n) is 4.42. The van der Waals surface area contributed by atoms with Crippen LogP contribution in [0.4, 0.5) is 5.69 Å². The van der Waals surface area contributed by atoms with Gasteiger partial charge in [-0.2, -0.15) is 8.42 Å². The van der Waals surface area contributed by atoms with Crippen LogP contribution >= 0.6 is 0 Å². The van der Waals surface area contributed by atoms with Crippen molar-refractivity contribution in [1.82, 2.24) is 0 Å². The first-order chi connectivity index (χ1) is 8.06. The fourth-order valence-electron chi connectivity index (χ4n) is 0.628. The number of hydrogen-bond acceptors (Lipinski definition) is 5. The van der Waals surface area contributed by atoms with Gasteiger partial charge in [0, 0.05) is 19.7 Å². The van der Waals surface area contributed by atoms with E-state index >= 15 is 0 Å². The molecule has 0 aromatic heterocycles. The smallest absolute Gasteiger partial charge is 0.394 e. The Kier molecular flexibility index (Phi) is 9.48. The summed E-state index contributed by atoms with van der Waals surface area (Å²) in [7, 11) is -2.83. The summed E-state index contributed by atoms with van der Waals surface area (Å²) >= 11 is 0. The highest BCUT2D eigenvalue weighted by Crippen LogP contribution is 2.12. The van der Waals surface area contributed by atoms with Gasteiger partial charge >= 0.3 is 10.4 Å². The Balaban J connectivity index is 0. The van der Waals surface area contributed by atoms with Crippen LogP contribution in [0.15, 0.2) is 24.3 Å². The van der Waals surface area contributed by atoms with Gasteiger partial charge in [-0.3, -0.25) is 13.9 Å². The number of phenols is 1. The number of carboxylic acids is 1. The van der Waals surface area contributed by atoms with E-state index in [9.17, 15) is 0 Å². The summed E-state index contributed by atoms with van der Waals surface area (Å²) in [6, 6.07) is 6.92. The zero-order valence-corrected chi connectivity index (χ0v) is 10.5. The number of phenolic OH excluding ortho intramolecular Hbond substituents is 1. The van der Waals surface area contributed by atoms with Gasteiger partial charge in [-0.05, 0) is 24.3 Å². The summed E-state index contributed by atoms with van der Waals surface area (Å²) in [5.74, 6) is -0.533. The van der Waals surface area contributed by atoms with E-state index in [1.54, 1.807) is 12.1 Å². The van der Waals surface area contributed by atoms with Gasteiger partial charge < -0.3 is 15.5 Å². The monoisotopic (exact) mass is 281 g/mol. The second-order valence-electron chi connectivity index (χ2n) is 2.76. The van der Waals surface area contributed by atoms with E-state index in [4.69, 9.17) is 32.5 Å². The van der Waals surface area contributed by atoms with Gasteiger partial charge in [-0.15, -0.1) is 0 Å². The van der Waals surface area contributed by atoms with Crippen LogP contribution in [0.25, 0.3) is 0 Å². The molecule has 0 unspecified atom stereocenters. The molecule has 0 fully saturated rings. The molecule has 104 valence electrons. The lowest BCUT2D eigenvalue weighted by Crippen LogP contribution is -1.89. The summed E-state index contributed by atoms with van der Waals surface area (Å²) < 4.78 is 31.6. The van der Waals surface area contributed by atoms with E-state index in [2.05, 4.69) is 5.32 Å². The van der Waals surface area contributed by atoms with Crippen LogP contribution in [0.3, 0.4) is 0 Å². The van der Waals surface area contributed by atoms with Crippen LogP contribution < -0.4 is 5.32 Å². The van der Waals surface area contributed by atoms with Gasteiger partial charge in [-0.1, -0.05) is 0 Å². The molecular weight excluding hydrogens is 266 g/mol. The number of aromatic hydroxyl groups is 1. The van der Waals surface area contributed by atoms with Crippen molar-refractivity contribution in [3.8, 4) is 5.75 Å². The molecule has 0 saturated carbocycles. The topological polar surface area (TPSA) is 144 Å². The Labute approximate surface area is 104 Å². The van der Waals surface area contributed by atoms with E-state index < -0.39 is 16.4 Å². The number of anilines is 1. The Morgan fingerprint density at radius 3 is 1.67 bits per heavy atom. The molecule has 0 aliphatic heterocycles. The fraction of sp³-hybridized carbons (Fsp3) is 0.222. The van der Waals surface area contributed by atoms with Gasteiger partial charge in [0.25, 0.3) is 5.97 Å². The SMILES string of the molecule is CC(=O)O.CNc1ccc(O)cc1.O=S(=O)(O)O. The molecule has 0 amide bonds. The van der Waals surface area contributed by atoms with Crippen LogP contribution in [0.2, 0.25) is 0 Å². The van der Waals surface area contributed by atoms with Crippen molar-refractivity contribution in [2.24, 2.45) is 0 Å². The van der Waals surface area contributed by atoms with Gasteiger partial charge in [0.05, 0.1) is 0 Å². The molecule has 1 rings (SSSR count). The number of nitrogens with one attached hydrogen (secondary N) is 1. The zero-order chi connectivity index (χ0) is 14.8. The van der Waals surface area contributed by atoms with Crippen LogP contribution in [0.5, 0.6) is 5.75 Å². The summed E-state index contributed by atoms with van der Waals surface area (Å²) in [5.41, 5.74) is 1.01. The normalized spacial score (nSPS) is 9.11. The second-order valence-corrected chi connectivity index (χ2v) is 3.66. The number of aliphatic carboxylic acids is 1. The number of carbonyl (C=O) groups is 1. The Morgan fingerprint density at radius 1 is 1.17 bits per heavy atom. The van der Waals surface area contributed by atoms with Gasteiger partial charge in [0.15, 0.2) is 0 Å². The highest BCUT2D eigenvalue weighted by atomic mass is 32.3. The minimum absolute atomic E-state index is 0.300. The molecule has 18 heavy (non-hydrogen) atoms. The minimum atomic E-state index is -4.67. The molecule has 0 heterocycles. The number of benzene rings is 1. The van der Waals surface area contributed by atoms with Crippen molar-refractivity contribution < 1.29 is 32.5 Å². The lowest BCUT2D eigenvalue weighted by atomic mass is 10.3. The van der Waals surface area contributed by atoms with Crippen molar-refractivity contribution in [3.63, 3.8) is 0 Å².